The molecule has 0 N–H and O–H groups in total. The molecular weight excluding hydrogens is 388 g/mol. The Balaban J connectivity index is 1.70. The van der Waals surface area contributed by atoms with Gasteiger partial charge in [0.05, 0.1) is 24.1 Å². The van der Waals surface area contributed by atoms with Crippen LogP contribution in [0.4, 0.5) is 0 Å². The monoisotopic (exact) mass is 412 g/mol. The zero-order chi connectivity index (χ0) is 22.0. The number of nitriles is 1. The highest BCUT2D eigenvalue weighted by Crippen LogP contribution is 2.32. The lowest BCUT2D eigenvalue weighted by atomic mass is 9.78. The quantitative estimate of drug-likeness (QED) is 0.433. The summed E-state index contributed by atoms with van der Waals surface area (Å²) >= 11 is 0. The molecule has 6 heteroatoms. The number of hydrogen-bond acceptors (Lipinski definition) is 6. The maximum Gasteiger partial charge on any atom is 0.257 e. The van der Waals surface area contributed by atoms with E-state index < -0.39 is 5.41 Å². The second kappa shape index (κ2) is 8.19. The molecule has 0 fully saturated rings. The van der Waals surface area contributed by atoms with Crippen LogP contribution in [0.25, 0.3) is 22.4 Å². The van der Waals surface area contributed by atoms with E-state index in [1.54, 1.807) is 14.0 Å². The fraction of sp³-hybridized carbons (Fsp3) is 0.280. The van der Waals surface area contributed by atoms with E-state index in [1.165, 1.54) is 0 Å². The maximum absolute atomic E-state index is 10.1. The average Bonchev–Trinajstić information content (AvgIpc) is 3.24. The molecule has 31 heavy (non-hydrogen) atoms. The van der Waals surface area contributed by atoms with Gasteiger partial charge in [0, 0.05) is 16.5 Å². The first kappa shape index (κ1) is 20.5. The minimum absolute atomic E-state index is 0.478. The normalized spacial score (nSPS) is 13.0. The van der Waals surface area contributed by atoms with Gasteiger partial charge in [0.1, 0.15) is 0 Å². The maximum atomic E-state index is 10.1. The van der Waals surface area contributed by atoms with Crippen molar-refractivity contribution in [3.8, 4) is 23.4 Å². The summed E-state index contributed by atoms with van der Waals surface area (Å²) in [6, 6.07) is 18.5. The minimum Gasteiger partial charge on any atom is -0.481 e. The molecule has 0 saturated carbocycles. The molecule has 0 aliphatic carbocycles. The summed E-state index contributed by atoms with van der Waals surface area (Å²) in [5, 5.41) is 15.0. The van der Waals surface area contributed by atoms with E-state index in [2.05, 4.69) is 34.2 Å². The number of rotatable bonds is 6. The summed E-state index contributed by atoms with van der Waals surface area (Å²) in [6.45, 7) is 5.82. The van der Waals surface area contributed by atoms with E-state index in [1.807, 2.05) is 49.4 Å². The predicted molar refractivity (Wildman–Crippen MR) is 119 cm³/mol. The van der Waals surface area contributed by atoms with Crippen LogP contribution in [0.15, 0.2) is 53.1 Å². The largest absolute Gasteiger partial charge is 0.481 e. The lowest BCUT2D eigenvalue weighted by molar-refractivity contribution is 0.395. The molecule has 0 aliphatic heterocycles. The van der Waals surface area contributed by atoms with Crippen molar-refractivity contribution in [1.29, 1.82) is 5.26 Å². The Morgan fingerprint density at radius 3 is 2.65 bits per heavy atom. The van der Waals surface area contributed by atoms with Gasteiger partial charge in [-0.25, -0.2) is 4.98 Å². The number of ether oxygens (including phenoxy) is 1. The molecule has 6 nitrogen and oxygen atoms in total. The fourth-order valence-electron chi connectivity index (χ4n) is 3.81. The number of pyridine rings is 1. The molecule has 1 unspecified atom stereocenters. The SMILES string of the molecule is CCc1cc2ccc(C(C)(C#N)Cc3cccc(-c4nc(C)no4)c3)cc2nc1OC. The molecule has 4 aromatic rings. The highest BCUT2D eigenvalue weighted by Gasteiger charge is 2.28. The summed E-state index contributed by atoms with van der Waals surface area (Å²) in [5.74, 6) is 1.70. The Morgan fingerprint density at radius 1 is 1.13 bits per heavy atom. The topological polar surface area (TPSA) is 84.8 Å². The van der Waals surface area contributed by atoms with Crippen LogP contribution < -0.4 is 4.74 Å². The molecule has 2 aromatic heterocycles. The highest BCUT2D eigenvalue weighted by atomic mass is 16.5. The van der Waals surface area contributed by atoms with E-state index >= 15 is 0 Å². The van der Waals surface area contributed by atoms with E-state index in [4.69, 9.17) is 9.26 Å². The van der Waals surface area contributed by atoms with Crippen molar-refractivity contribution in [2.45, 2.75) is 39.0 Å². The first-order valence-corrected chi connectivity index (χ1v) is 10.2. The molecule has 2 aromatic carbocycles. The third kappa shape index (κ3) is 3.99. The van der Waals surface area contributed by atoms with E-state index in [0.29, 0.717) is 24.0 Å². The molecule has 0 aliphatic rings. The Kier molecular flexibility index (Phi) is 5.43. The van der Waals surface area contributed by atoms with Crippen LogP contribution in [0.3, 0.4) is 0 Å². The Bertz CT molecular complexity index is 1290. The van der Waals surface area contributed by atoms with Crippen LogP contribution in [0, 0.1) is 18.3 Å². The number of aromatic nitrogens is 3. The van der Waals surface area contributed by atoms with Gasteiger partial charge < -0.3 is 9.26 Å². The minimum atomic E-state index is -0.726. The predicted octanol–water partition coefficient (Wildman–Crippen LogP) is 5.19. The van der Waals surface area contributed by atoms with Crippen molar-refractivity contribution in [2.24, 2.45) is 0 Å². The molecule has 0 amide bonds. The smallest absolute Gasteiger partial charge is 0.257 e. The highest BCUT2D eigenvalue weighted by molar-refractivity contribution is 5.81. The number of nitrogens with zero attached hydrogens (tertiary/aromatic N) is 4. The van der Waals surface area contributed by atoms with Gasteiger partial charge in [0.25, 0.3) is 5.89 Å². The van der Waals surface area contributed by atoms with Crippen molar-refractivity contribution < 1.29 is 9.26 Å². The molecule has 0 radical (unpaired) electrons. The van der Waals surface area contributed by atoms with Gasteiger partial charge in [-0.2, -0.15) is 10.2 Å². The van der Waals surface area contributed by atoms with E-state index in [-0.39, 0.29) is 0 Å². The fourth-order valence-corrected chi connectivity index (χ4v) is 3.81. The number of aryl methyl sites for hydroxylation is 2. The Morgan fingerprint density at radius 2 is 1.97 bits per heavy atom. The van der Waals surface area contributed by atoms with Gasteiger partial charge >= 0.3 is 0 Å². The van der Waals surface area contributed by atoms with Crippen LogP contribution in [0.5, 0.6) is 5.88 Å². The number of hydrogen-bond donors (Lipinski definition) is 0. The second-order valence-electron chi connectivity index (χ2n) is 7.89. The summed E-state index contributed by atoms with van der Waals surface area (Å²) in [7, 11) is 1.63. The molecule has 2 heterocycles. The van der Waals surface area contributed by atoms with Gasteiger partial charge in [-0.15, -0.1) is 0 Å². The first-order chi connectivity index (χ1) is 15.0. The summed E-state index contributed by atoms with van der Waals surface area (Å²) in [5.41, 5.74) is 3.94. The van der Waals surface area contributed by atoms with Crippen molar-refractivity contribution in [3.05, 3.63) is 71.0 Å². The van der Waals surface area contributed by atoms with Crippen LogP contribution in [-0.2, 0) is 18.3 Å². The van der Waals surface area contributed by atoms with E-state index in [0.717, 1.165) is 39.6 Å². The van der Waals surface area contributed by atoms with E-state index in [9.17, 15) is 5.26 Å². The number of methoxy groups -OCH3 is 1. The Hall–Kier alpha value is -3.72. The lowest BCUT2D eigenvalue weighted by Gasteiger charge is -2.23. The molecule has 0 spiro atoms. The third-order valence-corrected chi connectivity index (χ3v) is 5.57. The number of benzene rings is 2. The molecular formula is C25H24N4O2. The van der Waals surface area contributed by atoms with Crippen molar-refractivity contribution in [1.82, 2.24) is 15.1 Å². The Labute approximate surface area is 181 Å². The van der Waals surface area contributed by atoms with Gasteiger partial charge in [-0.3, -0.25) is 0 Å². The molecule has 156 valence electrons. The molecule has 0 bridgehead atoms. The van der Waals surface area contributed by atoms with Crippen molar-refractivity contribution in [3.63, 3.8) is 0 Å². The van der Waals surface area contributed by atoms with Crippen molar-refractivity contribution >= 4 is 10.9 Å². The van der Waals surface area contributed by atoms with Crippen molar-refractivity contribution in [2.75, 3.05) is 7.11 Å². The average molecular weight is 412 g/mol. The second-order valence-corrected chi connectivity index (χ2v) is 7.89. The van der Waals surface area contributed by atoms with Gasteiger partial charge in [0.2, 0.25) is 5.88 Å². The van der Waals surface area contributed by atoms with Crippen LogP contribution in [-0.4, -0.2) is 22.2 Å². The summed E-state index contributed by atoms with van der Waals surface area (Å²) in [6.07, 6.45) is 1.39. The third-order valence-electron chi connectivity index (χ3n) is 5.57. The molecule has 4 rings (SSSR count). The zero-order valence-corrected chi connectivity index (χ0v) is 18.1. The zero-order valence-electron chi connectivity index (χ0n) is 18.1. The standard InChI is InChI=1S/C25H24N4O2/c1-5-18-12-19-9-10-21(13-22(19)28-23(18)30-4)25(3,15-26)14-17-7-6-8-20(11-17)24-27-16(2)29-31-24/h6-13H,5,14H2,1-4H3. The molecule has 0 saturated heterocycles. The molecule has 1 atom stereocenters. The van der Waals surface area contributed by atoms with Crippen LogP contribution >= 0.6 is 0 Å². The summed E-state index contributed by atoms with van der Waals surface area (Å²) in [4.78, 5) is 8.98. The van der Waals surface area contributed by atoms with Gasteiger partial charge in [-0.1, -0.05) is 36.3 Å². The van der Waals surface area contributed by atoms with Gasteiger partial charge in [0.15, 0.2) is 5.82 Å². The number of fused-ring (bicyclic) bond motifs is 1. The van der Waals surface area contributed by atoms with Gasteiger partial charge in [-0.05, 0) is 62.1 Å². The lowest BCUT2D eigenvalue weighted by Crippen LogP contribution is -2.23. The van der Waals surface area contributed by atoms with Crippen LogP contribution in [0.1, 0.15) is 36.4 Å². The van der Waals surface area contributed by atoms with Crippen LogP contribution in [0.2, 0.25) is 0 Å². The first-order valence-electron chi connectivity index (χ1n) is 10.2. The summed E-state index contributed by atoms with van der Waals surface area (Å²) < 4.78 is 10.7.